The van der Waals surface area contributed by atoms with Gasteiger partial charge in [0.1, 0.15) is 0 Å². The molecule has 0 saturated carbocycles. The monoisotopic (exact) mass is 300 g/mol. The van der Waals surface area contributed by atoms with Crippen molar-refractivity contribution in [3.8, 4) is 0 Å². The van der Waals surface area contributed by atoms with Gasteiger partial charge in [0.15, 0.2) is 6.29 Å². The number of carbonyl (C=O) groups is 1. The minimum absolute atomic E-state index is 0.247. The van der Waals surface area contributed by atoms with E-state index in [0.717, 1.165) is 25.7 Å². The second-order valence-electron chi connectivity index (χ2n) is 5.36. The van der Waals surface area contributed by atoms with Crippen molar-refractivity contribution in [3.63, 3.8) is 0 Å². The lowest BCUT2D eigenvalue weighted by Crippen LogP contribution is -2.31. The number of likely N-dealkylation sites (N-methyl/N-ethyl adjacent to an activating group) is 1. The molecule has 116 valence electrons. The molecule has 2 rings (SSSR count). The summed E-state index contributed by atoms with van der Waals surface area (Å²) in [5.74, 6) is 0. The number of hydrogen-bond donors (Lipinski definition) is 0. The summed E-state index contributed by atoms with van der Waals surface area (Å²) in [6.45, 7) is 3.63. The number of alkyl halides is 3. The van der Waals surface area contributed by atoms with Gasteiger partial charge in [-0.05, 0) is 44.1 Å². The number of likely N-dealkylation sites (tertiary alicyclic amines) is 1. The van der Waals surface area contributed by atoms with Crippen LogP contribution in [0.5, 0.6) is 0 Å². The van der Waals surface area contributed by atoms with E-state index in [-0.39, 0.29) is 11.8 Å². The molecule has 0 aromatic heterocycles. The highest BCUT2D eigenvalue weighted by atomic mass is 19.4. The summed E-state index contributed by atoms with van der Waals surface area (Å²) in [5.41, 5.74) is -0.714. The van der Waals surface area contributed by atoms with Crippen LogP contribution in [0.25, 0.3) is 0 Å². The number of hydrogen-bond acceptors (Lipinski definition) is 3. The third kappa shape index (κ3) is 3.97. The molecule has 1 saturated heterocycles. The average molecular weight is 300 g/mol. The first-order valence-corrected chi connectivity index (χ1v) is 7.02. The maximum atomic E-state index is 12.9. The zero-order valence-electron chi connectivity index (χ0n) is 12.0. The molecule has 0 radical (unpaired) electrons. The molecule has 0 amide bonds. The van der Waals surface area contributed by atoms with Crippen LogP contribution in [0.15, 0.2) is 18.2 Å². The Bertz CT molecular complexity index is 496. The molecule has 0 unspecified atom stereocenters. The molecule has 1 aliphatic heterocycles. The number of aldehydes is 1. The third-order valence-electron chi connectivity index (χ3n) is 3.86. The van der Waals surface area contributed by atoms with Crippen LogP contribution in [0.1, 0.15) is 28.8 Å². The molecule has 1 aromatic rings. The smallest absolute Gasteiger partial charge is 0.373 e. The summed E-state index contributed by atoms with van der Waals surface area (Å²) in [6, 6.07) is 3.84. The quantitative estimate of drug-likeness (QED) is 0.781. The summed E-state index contributed by atoms with van der Waals surface area (Å²) >= 11 is 0. The van der Waals surface area contributed by atoms with Crippen LogP contribution >= 0.6 is 0 Å². The van der Waals surface area contributed by atoms with Crippen molar-refractivity contribution in [1.29, 1.82) is 0 Å². The van der Waals surface area contributed by atoms with Gasteiger partial charge in [0.25, 0.3) is 0 Å². The fourth-order valence-electron chi connectivity index (χ4n) is 2.56. The minimum atomic E-state index is -4.51. The van der Waals surface area contributed by atoms with E-state index in [1.165, 1.54) is 18.9 Å². The van der Waals surface area contributed by atoms with E-state index >= 15 is 0 Å². The molecule has 0 spiro atoms. The molecule has 1 fully saturated rings. The average Bonchev–Trinajstić information content (AvgIpc) is 2.96. The number of rotatable bonds is 5. The lowest BCUT2D eigenvalue weighted by atomic mass is 10.1. The number of halogens is 3. The normalized spacial score (nSPS) is 16.2. The van der Waals surface area contributed by atoms with Crippen molar-refractivity contribution in [2.45, 2.75) is 19.0 Å². The Hall–Kier alpha value is -1.56. The van der Waals surface area contributed by atoms with E-state index in [4.69, 9.17) is 0 Å². The topological polar surface area (TPSA) is 23.6 Å². The highest BCUT2D eigenvalue weighted by Crippen LogP contribution is 2.33. The van der Waals surface area contributed by atoms with Crippen LogP contribution in [0.4, 0.5) is 18.9 Å². The highest BCUT2D eigenvalue weighted by molar-refractivity contribution is 5.79. The van der Waals surface area contributed by atoms with Crippen molar-refractivity contribution < 1.29 is 18.0 Å². The van der Waals surface area contributed by atoms with E-state index in [2.05, 4.69) is 4.90 Å². The third-order valence-corrected chi connectivity index (χ3v) is 3.86. The summed E-state index contributed by atoms with van der Waals surface area (Å²) < 4.78 is 38.8. The van der Waals surface area contributed by atoms with Crippen molar-refractivity contribution in [3.05, 3.63) is 29.3 Å². The lowest BCUT2D eigenvalue weighted by molar-refractivity contribution is -0.137. The molecule has 0 aliphatic carbocycles. The van der Waals surface area contributed by atoms with Crippen LogP contribution in [-0.4, -0.2) is 44.4 Å². The van der Waals surface area contributed by atoms with Crippen molar-refractivity contribution in [2.24, 2.45) is 0 Å². The summed E-state index contributed by atoms with van der Waals surface area (Å²) in [4.78, 5) is 14.8. The molecule has 0 bridgehead atoms. The fourth-order valence-corrected chi connectivity index (χ4v) is 2.56. The molecular weight excluding hydrogens is 281 g/mol. The fraction of sp³-hybridized carbons (Fsp3) is 0.533. The molecule has 21 heavy (non-hydrogen) atoms. The molecule has 0 N–H and O–H groups in total. The van der Waals surface area contributed by atoms with Crippen LogP contribution in [0, 0.1) is 0 Å². The van der Waals surface area contributed by atoms with E-state index in [1.807, 2.05) is 0 Å². The standard InChI is InChI=1S/C15H19F3N2O/c1-19(8-9-20-6-2-3-7-20)13-5-4-12(11-21)14(10-13)15(16,17)18/h4-5,10-11H,2-3,6-9H2,1H3. The Morgan fingerprint density at radius 3 is 2.52 bits per heavy atom. The molecule has 1 aliphatic rings. The van der Waals surface area contributed by atoms with Gasteiger partial charge in [-0.2, -0.15) is 13.2 Å². The Morgan fingerprint density at radius 2 is 1.95 bits per heavy atom. The number of carbonyl (C=O) groups excluding carboxylic acids is 1. The maximum absolute atomic E-state index is 12.9. The molecule has 0 atom stereocenters. The zero-order valence-corrected chi connectivity index (χ0v) is 12.0. The largest absolute Gasteiger partial charge is 0.417 e. The van der Waals surface area contributed by atoms with E-state index in [9.17, 15) is 18.0 Å². The zero-order chi connectivity index (χ0) is 15.5. The Morgan fingerprint density at radius 1 is 1.29 bits per heavy atom. The molecule has 1 heterocycles. The van der Waals surface area contributed by atoms with Crippen LogP contribution in [-0.2, 0) is 6.18 Å². The summed E-state index contributed by atoms with van der Waals surface area (Å²) in [6.07, 6.45) is -1.88. The van der Waals surface area contributed by atoms with Gasteiger partial charge in [0, 0.05) is 31.4 Å². The van der Waals surface area contributed by atoms with Crippen LogP contribution in [0.3, 0.4) is 0 Å². The van der Waals surface area contributed by atoms with Crippen LogP contribution < -0.4 is 4.90 Å². The number of anilines is 1. The molecule has 3 nitrogen and oxygen atoms in total. The lowest BCUT2D eigenvalue weighted by Gasteiger charge is -2.24. The van der Waals surface area contributed by atoms with Gasteiger partial charge in [0.05, 0.1) is 5.56 Å². The van der Waals surface area contributed by atoms with Crippen molar-refractivity contribution in [1.82, 2.24) is 4.90 Å². The first kappa shape index (κ1) is 15.8. The van der Waals surface area contributed by atoms with Gasteiger partial charge in [-0.15, -0.1) is 0 Å². The predicted molar refractivity (Wildman–Crippen MR) is 75.8 cm³/mol. The Labute approximate surface area is 122 Å². The van der Waals surface area contributed by atoms with E-state index in [1.54, 1.807) is 18.0 Å². The number of benzene rings is 1. The molecule has 1 aromatic carbocycles. The summed E-state index contributed by atoms with van der Waals surface area (Å²) in [5, 5.41) is 0. The van der Waals surface area contributed by atoms with Gasteiger partial charge in [-0.25, -0.2) is 0 Å². The second-order valence-corrected chi connectivity index (χ2v) is 5.36. The van der Waals surface area contributed by atoms with Gasteiger partial charge >= 0.3 is 6.18 Å². The first-order chi connectivity index (χ1) is 9.91. The van der Waals surface area contributed by atoms with Gasteiger partial charge in [-0.1, -0.05) is 0 Å². The second kappa shape index (κ2) is 6.47. The Kier molecular flexibility index (Phi) is 4.88. The van der Waals surface area contributed by atoms with Crippen molar-refractivity contribution in [2.75, 3.05) is 38.1 Å². The van der Waals surface area contributed by atoms with Crippen LogP contribution in [0.2, 0.25) is 0 Å². The van der Waals surface area contributed by atoms with Gasteiger partial charge in [-0.3, -0.25) is 4.79 Å². The maximum Gasteiger partial charge on any atom is 0.417 e. The summed E-state index contributed by atoms with van der Waals surface area (Å²) in [7, 11) is 1.77. The van der Waals surface area contributed by atoms with Gasteiger partial charge in [0.2, 0.25) is 0 Å². The van der Waals surface area contributed by atoms with Gasteiger partial charge < -0.3 is 9.80 Å². The van der Waals surface area contributed by atoms with Crippen molar-refractivity contribution >= 4 is 12.0 Å². The SMILES string of the molecule is CN(CCN1CCCC1)c1ccc(C=O)c(C(F)(F)F)c1. The Balaban J connectivity index is 2.09. The predicted octanol–water partition coefficient (Wildman–Crippen LogP) is 3.05. The van der Waals surface area contributed by atoms with E-state index in [0.29, 0.717) is 12.2 Å². The molecule has 6 heteroatoms. The number of nitrogens with zero attached hydrogens (tertiary/aromatic N) is 2. The van der Waals surface area contributed by atoms with E-state index < -0.39 is 11.7 Å². The first-order valence-electron chi connectivity index (χ1n) is 7.02. The highest BCUT2D eigenvalue weighted by Gasteiger charge is 2.33. The molecular formula is C15H19F3N2O. The minimum Gasteiger partial charge on any atom is -0.373 e.